The fourth-order valence-electron chi connectivity index (χ4n) is 1.09. The molecule has 0 atom stereocenters. The van der Waals surface area contributed by atoms with Crippen LogP contribution >= 0.6 is 0 Å². The molecule has 0 fully saturated rings. The number of rotatable bonds is 3. The zero-order valence-corrected chi connectivity index (χ0v) is 6.59. The standard InChI is InChI=1S/C10H13O/c1-2-4-9-5-3-6-10(7-9)8-11/h3,5-7,11H,1-2,4,8H2. The van der Waals surface area contributed by atoms with Crippen LogP contribution in [0.15, 0.2) is 24.3 Å². The first-order valence-electron chi connectivity index (χ1n) is 3.84. The van der Waals surface area contributed by atoms with Crippen LogP contribution in [-0.2, 0) is 13.0 Å². The maximum absolute atomic E-state index is 8.81. The van der Waals surface area contributed by atoms with Gasteiger partial charge in [-0.1, -0.05) is 31.2 Å². The molecule has 0 saturated heterocycles. The highest BCUT2D eigenvalue weighted by Crippen LogP contribution is 2.06. The zero-order chi connectivity index (χ0) is 8.10. The molecule has 1 nitrogen and oxygen atoms in total. The van der Waals surface area contributed by atoms with Crippen molar-refractivity contribution in [2.45, 2.75) is 19.4 Å². The van der Waals surface area contributed by atoms with Gasteiger partial charge in [-0.15, -0.1) is 0 Å². The summed E-state index contributed by atoms with van der Waals surface area (Å²) in [5.41, 5.74) is 2.24. The van der Waals surface area contributed by atoms with E-state index >= 15 is 0 Å². The third-order valence-electron chi connectivity index (χ3n) is 1.64. The molecule has 1 heteroatoms. The Bertz CT molecular complexity index is 218. The van der Waals surface area contributed by atoms with Gasteiger partial charge < -0.3 is 5.11 Å². The van der Waals surface area contributed by atoms with Crippen LogP contribution in [0, 0.1) is 6.92 Å². The number of aliphatic hydroxyl groups excluding tert-OH is 1. The van der Waals surface area contributed by atoms with Crippen molar-refractivity contribution in [2.75, 3.05) is 0 Å². The Morgan fingerprint density at radius 1 is 1.27 bits per heavy atom. The van der Waals surface area contributed by atoms with E-state index in [-0.39, 0.29) is 6.61 Å². The van der Waals surface area contributed by atoms with Crippen LogP contribution in [0.1, 0.15) is 17.5 Å². The van der Waals surface area contributed by atoms with Crippen LogP contribution in [-0.4, -0.2) is 5.11 Å². The molecule has 0 aliphatic heterocycles. The highest BCUT2D eigenvalue weighted by molar-refractivity contribution is 5.22. The molecule has 1 aromatic carbocycles. The van der Waals surface area contributed by atoms with E-state index in [0.717, 1.165) is 18.4 Å². The molecule has 0 heterocycles. The van der Waals surface area contributed by atoms with E-state index in [1.165, 1.54) is 5.56 Å². The third kappa shape index (κ3) is 2.35. The van der Waals surface area contributed by atoms with Crippen LogP contribution in [0.5, 0.6) is 0 Å². The Kier molecular flexibility index (Phi) is 3.12. The molecule has 0 amide bonds. The van der Waals surface area contributed by atoms with Gasteiger partial charge in [-0.3, -0.25) is 0 Å². The molecular formula is C10H13O. The Labute approximate surface area is 67.7 Å². The molecule has 1 N–H and O–H groups in total. The maximum Gasteiger partial charge on any atom is 0.0681 e. The van der Waals surface area contributed by atoms with Gasteiger partial charge in [0.1, 0.15) is 0 Å². The van der Waals surface area contributed by atoms with Gasteiger partial charge in [-0.2, -0.15) is 0 Å². The summed E-state index contributed by atoms with van der Waals surface area (Å²) in [7, 11) is 0. The van der Waals surface area contributed by atoms with Gasteiger partial charge in [0.2, 0.25) is 0 Å². The lowest BCUT2D eigenvalue weighted by atomic mass is 10.1. The lowest BCUT2D eigenvalue weighted by Gasteiger charge is -2.00. The second kappa shape index (κ2) is 4.14. The van der Waals surface area contributed by atoms with E-state index in [1.54, 1.807) is 0 Å². The first-order chi connectivity index (χ1) is 5.36. The average molecular weight is 149 g/mol. The monoisotopic (exact) mass is 149 g/mol. The quantitative estimate of drug-likeness (QED) is 0.696. The van der Waals surface area contributed by atoms with E-state index in [4.69, 9.17) is 5.11 Å². The van der Waals surface area contributed by atoms with Gasteiger partial charge in [0.15, 0.2) is 0 Å². The molecule has 11 heavy (non-hydrogen) atoms. The summed E-state index contributed by atoms with van der Waals surface area (Å²) in [5, 5.41) is 8.81. The van der Waals surface area contributed by atoms with E-state index in [1.807, 2.05) is 18.2 Å². The molecule has 0 aliphatic carbocycles. The minimum Gasteiger partial charge on any atom is -0.392 e. The van der Waals surface area contributed by atoms with Crippen molar-refractivity contribution in [3.63, 3.8) is 0 Å². The van der Waals surface area contributed by atoms with Crippen molar-refractivity contribution in [1.82, 2.24) is 0 Å². The first kappa shape index (κ1) is 8.28. The van der Waals surface area contributed by atoms with Crippen LogP contribution in [0.2, 0.25) is 0 Å². The summed E-state index contributed by atoms with van der Waals surface area (Å²) in [5.74, 6) is 0. The molecule has 59 valence electrons. The summed E-state index contributed by atoms with van der Waals surface area (Å²) in [4.78, 5) is 0. The van der Waals surface area contributed by atoms with Crippen LogP contribution in [0.3, 0.4) is 0 Å². The fourth-order valence-corrected chi connectivity index (χ4v) is 1.09. The Balaban J connectivity index is 2.74. The van der Waals surface area contributed by atoms with Crippen molar-refractivity contribution in [3.05, 3.63) is 42.3 Å². The topological polar surface area (TPSA) is 20.2 Å². The van der Waals surface area contributed by atoms with Gasteiger partial charge in [-0.05, 0) is 24.0 Å². The van der Waals surface area contributed by atoms with Crippen LogP contribution in [0.4, 0.5) is 0 Å². The minimum atomic E-state index is 0.130. The molecule has 0 spiro atoms. The molecule has 1 rings (SSSR count). The predicted molar refractivity (Wildman–Crippen MR) is 46.0 cm³/mol. The molecule has 0 unspecified atom stereocenters. The largest absolute Gasteiger partial charge is 0.392 e. The molecule has 0 saturated carbocycles. The second-order valence-electron chi connectivity index (χ2n) is 2.58. The minimum absolute atomic E-state index is 0.130. The van der Waals surface area contributed by atoms with E-state index in [9.17, 15) is 0 Å². The molecule has 1 aromatic rings. The van der Waals surface area contributed by atoms with Gasteiger partial charge in [0, 0.05) is 0 Å². The van der Waals surface area contributed by atoms with Crippen LogP contribution in [0.25, 0.3) is 0 Å². The van der Waals surface area contributed by atoms with Gasteiger partial charge >= 0.3 is 0 Å². The molecule has 0 aliphatic rings. The average Bonchev–Trinajstić information content (AvgIpc) is 2.06. The normalized spacial score (nSPS) is 10.0. The Morgan fingerprint density at radius 3 is 2.64 bits per heavy atom. The van der Waals surface area contributed by atoms with Crippen molar-refractivity contribution >= 4 is 0 Å². The summed E-state index contributed by atoms with van der Waals surface area (Å²) in [6.07, 6.45) is 1.91. The van der Waals surface area contributed by atoms with Crippen LogP contribution < -0.4 is 0 Å². The number of hydrogen-bond donors (Lipinski definition) is 1. The summed E-state index contributed by atoms with van der Waals surface area (Å²) in [6, 6.07) is 7.97. The summed E-state index contributed by atoms with van der Waals surface area (Å²) < 4.78 is 0. The SMILES string of the molecule is [CH2]CCc1cccc(CO)c1. The number of aryl methyl sites for hydroxylation is 1. The number of aliphatic hydroxyl groups is 1. The summed E-state index contributed by atoms with van der Waals surface area (Å²) >= 11 is 0. The smallest absolute Gasteiger partial charge is 0.0681 e. The number of benzene rings is 1. The highest BCUT2D eigenvalue weighted by atomic mass is 16.3. The highest BCUT2D eigenvalue weighted by Gasteiger charge is 1.92. The Hall–Kier alpha value is -0.820. The predicted octanol–water partition coefficient (Wildman–Crippen LogP) is 1.95. The van der Waals surface area contributed by atoms with Crippen molar-refractivity contribution < 1.29 is 5.11 Å². The van der Waals surface area contributed by atoms with Gasteiger partial charge in [0.05, 0.1) is 6.61 Å². The lowest BCUT2D eigenvalue weighted by molar-refractivity contribution is 0.281. The Morgan fingerprint density at radius 2 is 2.00 bits per heavy atom. The van der Waals surface area contributed by atoms with E-state index in [2.05, 4.69) is 13.0 Å². The van der Waals surface area contributed by atoms with E-state index < -0.39 is 0 Å². The fraction of sp³-hybridized carbons (Fsp3) is 0.300. The van der Waals surface area contributed by atoms with Crippen molar-refractivity contribution in [2.24, 2.45) is 0 Å². The molecule has 1 radical (unpaired) electrons. The molecular weight excluding hydrogens is 136 g/mol. The van der Waals surface area contributed by atoms with E-state index in [0.29, 0.717) is 0 Å². The zero-order valence-electron chi connectivity index (χ0n) is 6.59. The number of hydrogen-bond acceptors (Lipinski definition) is 1. The van der Waals surface area contributed by atoms with Gasteiger partial charge in [0.25, 0.3) is 0 Å². The summed E-state index contributed by atoms with van der Waals surface area (Å²) in [6.45, 7) is 3.90. The van der Waals surface area contributed by atoms with Gasteiger partial charge in [-0.25, -0.2) is 0 Å². The second-order valence-corrected chi connectivity index (χ2v) is 2.58. The first-order valence-corrected chi connectivity index (χ1v) is 3.84. The molecule has 0 aromatic heterocycles. The molecule has 0 bridgehead atoms. The third-order valence-corrected chi connectivity index (χ3v) is 1.64. The lowest BCUT2D eigenvalue weighted by Crippen LogP contribution is -1.87. The van der Waals surface area contributed by atoms with Crippen molar-refractivity contribution in [3.8, 4) is 0 Å². The maximum atomic E-state index is 8.81. The van der Waals surface area contributed by atoms with Crippen molar-refractivity contribution in [1.29, 1.82) is 0 Å².